The van der Waals surface area contributed by atoms with Gasteiger partial charge in [-0.1, -0.05) is 24.3 Å². The van der Waals surface area contributed by atoms with Gasteiger partial charge in [-0.25, -0.2) is 13.2 Å². The number of ether oxygens (including phenoxy) is 1. The molecule has 0 bridgehead atoms. The minimum absolute atomic E-state index is 0.345. The molecule has 200 valence electrons. The average Bonchev–Trinajstić information content (AvgIpc) is 3.54. The largest absolute Gasteiger partial charge is 0.465 e. The molecule has 3 heterocycles. The number of esters is 1. The molecule has 2 aromatic heterocycles. The minimum Gasteiger partial charge on any atom is -0.465 e. The van der Waals surface area contributed by atoms with Gasteiger partial charge in [-0.2, -0.15) is 0 Å². The molecule has 2 atom stereocenters. The summed E-state index contributed by atoms with van der Waals surface area (Å²) < 4.78 is 37.5. The number of anilines is 2. The molecule has 2 N–H and O–H groups in total. The van der Waals surface area contributed by atoms with E-state index in [4.69, 9.17) is 21.4 Å². The highest BCUT2D eigenvalue weighted by Gasteiger charge is 2.42. The summed E-state index contributed by atoms with van der Waals surface area (Å²) in [4.78, 5) is 18.9. The fourth-order valence-corrected chi connectivity index (χ4v) is 5.65. The Kier molecular flexibility index (Phi) is 7.11. The third kappa shape index (κ3) is 5.36. The quantitative estimate of drug-likeness (QED) is 0.238. The maximum atomic E-state index is 12.4. The standard InChI is InChI=1S/C28H26N4O5S2/c1-17-16-18(11-12-21(17)31-39(3,34)35)32-26(25(30-28(32)38)22-10-6-7-15-29-22)24-14-13-23(37-24)19-8-4-5-9-20(19)27(33)36-2/h4-16,25-26,31H,1-3H3,(H,30,38)/t25-,26+/m0/s1. The second kappa shape index (κ2) is 10.5. The SMILES string of the molecule is COC(=O)c1ccccc1-c1ccc([C@@H]2[C@H](c3ccccn3)NC(=S)N2c2ccc(NS(C)(=O)=O)c(C)c2)o1. The molecule has 1 aliphatic heterocycles. The van der Waals surface area contributed by atoms with Crippen molar-refractivity contribution >= 4 is 44.7 Å². The summed E-state index contributed by atoms with van der Waals surface area (Å²) >= 11 is 5.78. The van der Waals surface area contributed by atoms with Gasteiger partial charge in [0, 0.05) is 17.4 Å². The van der Waals surface area contributed by atoms with E-state index >= 15 is 0 Å². The summed E-state index contributed by atoms with van der Waals surface area (Å²) in [6.07, 6.45) is 2.83. The van der Waals surface area contributed by atoms with Gasteiger partial charge >= 0.3 is 5.97 Å². The monoisotopic (exact) mass is 562 g/mol. The van der Waals surface area contributed by atoms with Crippen LogP contribution in [0.15, 0.2) is 83.4 Å². The van der Waals surface area contributed by atoms with E-state index in [0.717, 1.165) is 23.2 Å². The predicted molar refractivity (Wildman–Crippen MR) is 153 cm³/mol. The van der Waals surface area contributed by atoms with Crippen molar-refractivity contribution in [3.63, 3.8) is 0 Å². The van der Waals surface area contributed by atoms with Crippen LogP contribution in [0.2, 0.25) is 0 Å². The zero-order valence-corrected chi connectivity index (χ0v) is 23.0. The zero-order chi connectivity index (χ0) is 27.7. The van der Waals surface area contributed by atoms with Gasteiger partial charge < -0.3 is 19.4 Å². The summed E-state index contributed by atoms with van der Waals surface area (Å²) in [6.45, 7) is 1.82. The lowest BCUT2D eigenvalue weighted by Crippen LogP contribution is -2.29. The fraction of sp³-hybridized carbons (Fsp3) is 0.179. The number of nitrogens with zero attached hydrogens (tertiary/aromatic N) is 2. The van der Waals surface area contributed by atoms with E-state index < -0.39 is 22.0 Å². The number of aryl methyl sites for hydroxylation is 1. The number of benzene rings is 2. The Morgan fingerprint density at radius 2 is 1.87 bits per heavy atom. The summed E-state index contributed by atoms with van der Waals surface area (Å²) in [6, 6.07) is 21.0. The maximum Gasteiger partial charge on any atom is 0.338 e. The molecule has 0 unspecified atom stereocenters. The van der Waals surface area contributed by atoms with Crippen LogP contribution in [0, 0.1) is 6.92 Å². The van der Waals surface area contributed by atoms with Crippen LogP contribution in [0.3, 0.4) is 0 Å². The summed E-state index contributed by atoms with van der Waals surface area (Å²) in [5.74, 6) is 0.648. The number of rotatable bonds is 7. The van der Waals surface area contributed by atoms with Crippen LogP contribution in [-0.4, -0.2) is 37.8 Å². The molecule has 1 aliphatic rings. The zero-order valence-electron chi connectivity index (χ0n) is 21.4. The highest BCUT2D eigenvalue weighted by atomic mass is 32.2. The number of sulfonamides is 1. The van der Waals surface area contributed by atoms with Gasteiger partial charge in [-0.3, -0.25) is 9.71 Å². The van der Waals surface area contributed by atoms with E-state index in [0.29, 0.717) is 33.4 Å². The molecule has 0 radical (unpaired) electrons. The Bertz CT molecular complexity index is 1650. The minimum atomic E-state index is -3.43. The van der Waals surface area contributed by atoms with Gasteiger partial charge in [0.05, 0.1) is 36.4 Å². The number of carbonyl (C=O) groups is 1. The Hall–Kier alpha value is -4.22. The van der Waals surface area contributed by atoms with Gasteiger partial charge in [-0.05, 0) is 73.2 Å². The lowest BCUT2D eigenvalue weighted by molar-refractivity contribution is 0.0601. The molecular weight excluding hydrogens is 536 g/mol. The third-order valence-corrected chi connectivity index (χ3v) is 7.30. The molecule has 0 saturated carbocycles. The lowest BCUT2D eigenvalue weighted by Gasteiger charge is -2.27. The van der Waals surface area contributed by atoms with Crippen LogP contribution in [0.25, 0.3) is 11.3 Å². The Morgan fingerprint density at radius 1 is 1.10 bits per heavy atom. The molecule has 39 heavy (non-hydrogen) atoms. The first-order valence-electron chi connectivity index (χ1n) is 12.0. The number of furan rings is 1. The number of thiocarbonyl (C=S) groups is 1. The van der Waals surface area contributed by atoms with Crippen molar-refractivity contribution in [3.05, 3.63) is 102 Å². The fourth-order valence-electron chi connectivity index (χ4n) is 4.68. The van der Waals surface area contributed by atoms with Crippen LogP contribution < -0.4 is 14.9 Å². The predicted octanol–water partition coefficient (Wildman–Crippen LogP) is 4.99. The van der Waals surface area contributed by atoms with Gasteiger partial charge in [0.15, 0.2) is 5.11 Å². The molecule has 2 aromatic carbocycles. The van der Waals surface area contributed by atoms with Crippen molar-refractivity contribution < 1.29 is 22.4 Å². The summed E-state index contributed by atoms with van der Waals surface area (Å²) in [7, 11) is -2.09. The van der Waals surface area contributed by atoms with Crippen molar-refractivity contribution in [1.82, 2.24) is 10.3 Å². The molecule has 0 amide bonds. The van der Waals surface area contributed by atoms with Crippen LogP contribution in [-0.2, 0) is 14.8 Å². The van der Waals surface area contributed by atoms with E-state index in [-0.39, 0.29) is 6.04 Å². The van der Waals surface area contributed by atoms with Crippen molar-refractivity contribution in [3.8, 4) is 11.3 Å². The maximum absolute atomic E-state index is 12.4. The molecule has 1 saturated heterocycles. The normalized spacial score (nSPS) is 17.1. The van der Waals surface area contributed by atoms with Gasteiger partial charge in [-0.15, -0.1) is 0 Å². The first kappa shape index (κ1) is 26.4. The van der Waals surface area contributed by atoms with Crippen molar-refractivity contribution in [2.45, 2.75) is 19.0 Å². The smallest absolute Gasteiger partial charge is 0.338 e. The van der Waals surface area contributed by atoms with Gasteiger partial charge in [0.1, 0.15) is 17.6 Å². The van der Waals surface area contributed by atoms with E-state index in [1.54, 1.807) is 36.5 Å². The van der Waals surface area contributed by atoms with Gasteiger partial charge in [0.2, 0.25) is 10.0 Å². The summed E-state index contributed by atoms with van der Waals surface area (Å²) in [5, 5.41) is 3.84. The third-order valence-electron chi connectivity index (χ3n) is 6.40. The highest BCUT2D eigenvalue weighted by molar-refractivity contribution is 7.92. The van der Waals surface area contributed by atoms with E-state index in [9.17, 15) is 13.2 Å². The molecule has 1 fully saturated rings. The number of hydrogen-bond donors (Lipinski definition) is 2. The molecule has 0 aliphatic carbocycles. The van der Waals surface area contributed by atoms with Crippen molar-refractivity contribution in [2.75, 3.05) is 23.0 Å². The van der Waals surface area contributed by atoms with Crippen molar-refractivity contribution in [1.29, 1.82) is 0 Å². The second-order valence-electron chi connectivity index (χ2n) is 9.11. The second-order valence-corrected chi connectivity index (χ2v) is 11.2. The molecule has 9 nitrogen and oxygen atoms in total. The number of hydrogen-bond acceptors (Lipinski definition) is 7. The van der Waals surface area contributed by atoms with Crippen LogP contribution in [0.1, 0.15) is 39.5 Å². The Labute approximate surface area is 231 Å². The molecule has 0 spiro atoms. The molecule has 4 aromatic rings. The number of aromatic nitrogens is 1. The first-order valence-corrected chi connectivity index (χ1v) is 14.3. The molecular formula is C28H26N4O5S2. The Morgan fingerprint density at radius 3 is 2.56 bits per heavy atom. The van der Waals surface area contributed by atoms with Crippen LogP contribution in [0.4, 0.5) is 11.4 Å². The van der Waals surface area contributed by atoms with E-state index in [1.807, 2.05) is 54.3 Å². The number of pyridine rings is 1. The number of carbonyl (C=O) groups excluding carboxylic acids is 1. The highest BCUT2D eigenvalue weighted by Crippen LogP contribution is 2.43. The topological polar surface area (TPSA) is 114 Å². The molecule has 5 rings (SSSR count). The van der Waals surface area contributed by atoms with Gasteiger partial charge in [0.25, 0.3) is 0 Å². The van der Waals surface area contributed by atoms with E-state index in [1.165, 1.54) is 7.11 Å². The van der Waals surface area contributed by atoms with Crippen LogP contribution >= 0.6 is 12.2 Å². The number of nitrogens with one attached hydrogen (secondary N) is 2. The van der Waals surface area contributed by atoms with Crippen LogP contribution in [0.5, 0.6) is 0 Å². The Balaban J connectivity index is 1.59. The first-order chi connectivity index (χ1) is 18.7. The average molecular weight is 563 g/mol. The number of methoxy groups -OCH3 is 1. The van der Waals surface area contributed by atoms with E-state index in [2.05, 4.69) is 15.0 Å². The summed E-state index contributed by atoms with van der Waals surface area (Å²) in [5.41, 5.74) is 3.73. The van der Waals surface area contributed by atoms with Crippen molar-refractivity contribution in [2.24, 2.45) is 0 Å². The molecule has 11 heteroatoms. The lowest BCUT2D eigenvalue weighted by atomic mass is 10.0.